The van der Waals surface area contributed by atoms with E-state index in [-0.39, 0.29) is 11.9 Å². The molecule has 1 aromatic carbocycles. The Labute approximate surface area is 151 Å². The highest BCUT2D eigenvalue weighted by Gasteiger charge is 2.25. The SMILES string of the molecule is N[C@@H](Cc1cccs1)C(=O)N[C@@H]1CCN(Cc2ccc(Cl)cc2)C1. The molecule has 0 saturated carbocycles. The van der Waals surface area contributed by atoms with Crippen LogP contribution >= 0.6 is 22.9 Å². The molecule has 1 fully saturated rings. The van der Waals surface area contributed by atoms with Gasteiger partial charge in [0.15, 0.2) is 0 Å². The Balaban J connectivity index is 1.45. The molecule has 1 aliphatic heterocycles. The fraction of sp³-hybridized carbons (Fsp3) is 0.389. The van der Waals surface area contributed by atoms with Gasteiger partial charge in [0, 0.05) is 42.0 Å². The maximum absolute atomic E-state index is 12.3. The summed E-state index contributed by atoms with van der Waals surface area (Å²) in [7, 11) is 0. The molecule has 3 rings (SSSR count). The Bertz CT molecular complexity index is 659. The van der Waals surface area contributed by atoms with Crippen LogP contribution in [0.5, 0.6) is 0 Å². The number of halogens is 1. The largest absolute Gasteiger partial charge is 0.351 e. The van der Waals surface area contributed by atoms with E-state index in [4.69, 9.17) is 17.3 Å². The maximum Gasteiger partial charge on any atom is 0.237 e. The number of amides is 1. The van der Waals surface area contributed by atoms with Gasteiger partial charge in [0.25, 0.3) is 0 Å². The molecule has 2 aromatic rings. The number of nitrogens with zero attached hydrogens (tertiary/aromatic N) is 1. The number of nitrogens with two attached hydrogens (primary N) is 1. The normalized spacial score (nSPS) is 19.3. The third kappa shape index (κ3) is 4.80. The second-order valence-electron chi connectivity index (χ2n) is 6.25. The van der Waals surface area contributed by atoms with Crippen molar-refractivity contribution in [2.24, 2.45) is 5.73 Å². The minimum atomic E-state index is -0.478. The van der Waals surface area contributed by atoms with Gasteiger partial charge in [0.2, 0.25) is 5.91 Å². The van der Waals surface area contributed by atoms with E-state index in [1.165, 1.54) is 5.56 Å². The van der Waals surface area contributed by atoms with Gasteiger partial charge in [0.05, 0.1) is 6.04 Å². The third-order valence-corrected chi connectivity index (χ3v) is 5.43. The maximum atomic E-state index is 12.3. The molecule has 24 heavy (non-hydrogen) atoms. The lowest BCUT2D eigenvalue weighted by Crippen LogP contribution is -2.47. The number of likely N-dealkylation sites (tertiary alicyclic amines) is 1. The first kappa shape index (κ1) is 17.4. The molecular weight excluding hydrogens is 342 g/mol. The predicted molar refractivity (Wildman–Crippen MR) is 99.3 cm³/mol. The number of thiophene rings is 1. The van der Waals surface area contributed by atoms with E-state index in [9.17, 15) is 4.79 Å². The van der Waals surface area contributed by atoms with Crippen molar-refractivity contribution >= 4 is 28.8 Å². The number of hydrogen-bond acceptors (Lipinski definition) is 4. The van der Waals surface area contributed by atoms with Crippen molar-refractivity contribution in [2.45, 2.75) is 31.5 Å². The van der Waals surface area contributed by atoms with Crippen molar-refractivity contribution in [1.82, 2.24) is 10.2 Å². The third-order valence-electron chi connectivity index (χ3n) is 4.28. The molecule has 4 nitrogen and oxygen atoms in total. The van der Waals surface area contributed by atoms with Crippen LogP contribution in [-0.2, 0) is 17.8 Å². The van der Waals surface area contributed by atoms with Gasteiger partial charge >= 0.3 is 0 Å². The number of benzene rings is 1. The van der Waals surface area contributed by atoms with Gasteiger partial charge in [-0.15, -0.1) is 11.3 Å². The van der Waals surface area contributed by atoms with Gasteiger partial charge < -0.3 is 11.1 Å². The molecular formula is C18H22ClN3OS. The average molecular weight is 364 g/mol. The summed E-state index contributed by atoms with van der Waals surface area (Å²) in [6, 6.07) is 11.6. The molecule has 2 atom stereocenters. The summed E-state index contributed by atoms with van der Waals surface area (Å²) < 4.78 is 0. The molecule has 128 valence electrons. The smallest absolute Gasteiger partial charge is 0.237 e. The highest BCUT2D eigenvalue weighted by atomic mass is 35.5. The van der Waals surface area contributed by atoms with Crippen LogP contribution in [-0.4, -0.2) is 36.0 Å². The Morgan fingerprint density at radius 1 is 1.38 bits per heavy atom. The summed E-state index contributed by atoms with van der Waals surface area (Å²) in [5, 5.41) is 5.85. The lowest BCUT2D eigenvalue weighted by Gasteiger charge is -2.18. The van der Waals surface area contributed by atoms with Crippen molar-refractivity contribution in [3.05, 3.63) is 57.2 Å². The summed E-state index contributed by atoms with van der Waals surface area (Å²) >= 11 is 7.55. The number of hydrogen-bond donors (Lipinski definition) is 2. The number of rotatable bonds is 6. The Kier molecular flexibility index (Phi) is 5.89. The van der Waals surface area contributed by atoms with Gasteiger partial charge in [-0.3, -0.25) is 9.69 Å². The van der Waals surface area contributed by atoms with Crippen molar-refractivity contribution in [1.29, 1.82) is 0 Å². The highest BCUT2D eigenvalue weighted by molar-refractivity contribution is 7.09. The predicted octanol–water partition coefficient (Wildman–Crippen LogP) is 2.66. The lowest BCUT2D eigenvalue weighted by molar-refractivity contribution is -0.122. The van der Waals surface area contributed by atoms with Gasteiger partial charge in [-0.25, -0.2) is 0 Å². The van der Waals surface area contributed by atoms with E-state index in [0.717, 1.165) is 36.0 Å². The molecule has 1 amide bonds. The van der Waals surface area contributed by atoms with Crippen LogP contribution in [0.15, 0.2) is 41.8 Å². The fourth-order valence-electron chi connectivity index (χ4n) is 2.99. The van der Waals surface area contributed by atoms with Crippen LogP contribution in [0.25, 0.3) is 0 Å². The zero-order valence-corrected chi connectivity index (χ0v) is 15.0. The number of carbonyl (C=O) groups is 1. The molecule has 1 aromatic heterocycles. The molecule has 2 heterocycles. The number of carbonyl (C=O) groups excluding carboxylic acids is 1. The fourth-order valence-corrected chi connectivity index (χ4v) is 3.88. The van der Waals surface area contributed by atoms with Gasteiger partial charge in [-0.05, 0) is 35.6 Å². The summed E-state index contributed by atoms with van der Waals surface area (Å²) in [6.07, 6.45) is 1.57. The second-order valence-corrected chi connectivity index (χ2v) is 7.71. The van der Waals surface area contributed by atoms with Crippen LogP contribution in [0.2, 0.25) is 5.02 Å². The summed E-state index contributed by atoms with van der Waals surface area (Å²) in [4.78, 5) is 15.8. The van der Waals surface area contributed by atoms with Crippen molar-refractivity contribution in [3.8, 4) is 0 Å². The topological polar surface area (TPSA) is 58.4 Å². The first-order valence-corrected chi connectivity index (χ1v) is 9.41. The van der Waals surface area contributed by atoms with Crippen molar-refractivity contribution < 1.29 is 4.79 Å². The zero-order chi connectivity index (χ0) is 16.9. The molecule has 0 spiro atoms. The Hall–Kier alpha value is -1.40. The van der Waals surface area contributed by atoms with Crippen LogP contribution in [0.3, 0.4) is 0 Å². The van der Waals surface area contributed by atoms with Gasteiger partial charge in [-0.2, -0.15) is 0 Å². The molecule has 0 aliphatic carbocycles. The van der Waals surface area contributed by atoms with E-state index >= 15 is 0 Å². The molecule has 1 aliphatic rings. The number of nitrogens with one attached hydrogen (secondary N) is 1. The molecule has 1 saturated heterocycles. The first-order valence-electron chi connectivity index (χ1n) is 8.15. The van der Waals surface area contributed by atoms with E-state index in [1.54, 1.807) is 11.3 Å². The van der Waals surface area contributed by atoms with Crippen molar-refractivity contribution in [3.63, 3.8) is 0 Å². The summed E-state index contributed by atoms with van der Waals surface area (Å²) in [5.74, 6) is -0.0539. The second kappa shape index (κ2) is 8.12. The van der Waals surface area contributed by atoms with Crippen molar-refractivity contribution in [2.75, 3.05) is 13.1 Å². The van der Waals surface area contributed by atoms with Crippen LogP contribution in [0.4, 0.5) is 0 Å². The average Bonchev–Trinajstić information content (AvgIpc) is 3.22. The molecule has 6 heteroatoms. The summed E-state index contributed by atoms with van der Waals surface area (Å²) in [6.45, 7) is 2.72. The van der Waals surface area contributed by atoms with Crippen LogP contribution in [0.1, 0.15) is 16.9 Å². The van der Waals surface area contributed by atoms with Gasteiger partial charge in [-0.1, -0.05) is 29.8 Å². The molecule has 0 radical (unpaired) electrons. The summed E-state index contributed by atoms with van der Waals surface area (Å²) in [5.41, 5.74) is 7.26. The minimum Gasteiger partial charge on any atom is -0.351 e. The van der Waals surface area contributed by atoms with Crippen LogP contribution < -0.4 is 11.1 Å². The molecule has 3 N–H and O–H groups in total. The monoisotopic (exact) mass is 363 g/mol. The Morgan fingerprint density at radius 2 is 2.17 bits per heavy atom. The van der Waals surface area contributed by atoms with E-state index < -0.39 is 6.04 Å². The zero-order valence-electron chi connectivity index (χ0n) is 13.5. The standard InChI is InChI=1S/C18H22ClN3OS/c19-14-5-3-13(4-6-14)11-22-8-7-15(12-22)21-18(23)17(20)10-16-2-1-9-24-16/h1-6,9,15,17H,7-8,10-12,20H2,(H,21,23)/t15-,17+/m1/s1. The highest BCUT2D eigenvalue weighted by Crippen LogP contribution is 2.16. The quantitative estimate of drug-likeness (QED) is 0.829. The van der Waals surface area contributed by atoms with E-state index in [1.807, 2.05) is 41.8 Å². The van der Waals surface area contributed by atoms with Gasteiger partial charge in [0.1, 0.15) is 0 Å². The van der Waals surface area contributed by atoms with Crippen LogP contribution in [0, 0.1) is 0 Å². The first-order chi connectivity index (χ1) is 11.6. The molecule has 0 bridgehead atoms. The minimum absolute atomic E-state index is 0.0539. The van der Waals surface area contributed by atoms with E-state index in [2.05, 4.69) is 10.2 Å². The Morgan fingerprint density at radius 3 is 2.88 bits per heavy atom. The molecule has 0 unspecified atom stereocenters. The lowest BCUT2D eigenvalue weighted by atomic mass is 10.1. The van der Waals surface area contributed by atoms with E-state index in [0.29, 0.717) is 6.42 Å².